The van der Waals surface area contributed by atoms with Crippen molar-refractivity contribution in [3.63, 3.8) is 0 Å². The predicted molar refractivity (Wildman–Crippen MR) is 123 cm³/mol. The molecule has 1 aromatic carbocycles. The summed E-state index contributed by atoms with van der Waals surface area (Å²) in [4.78, 5) is 6.16. The molecule has 10 heteroatoms. The molecule has 0 radical (unpaired) electrons. The molecular weight excluding hydrogens is 440 g/mol. The minimum atomic E-state index is -0.954. The van der Waals surface area contributed by atoms with Gasteiger partial charge >= 0.3 is 0 Å². The zero-order valence-electron chi connectivity index (χ0n) is 19.4. The van der Waals surface area contributed by atoms with Crippen LogP contribution in [0.3, 0.4) is 0 Å². The number of rotatable bonds is 5. The second-order valence-corrected chi connectivity index (χ2v) is 9.18. The Morgan fingerprint density at radius 2 is 2.15 bits per heavy atom. The standard InChI is InChI=1S/C24H27F2N7O/c1-4-24(2)9-5-6-17(25)20(11-24)32(3)22-13-28-23(30-29-22)16-8-7-15(10-21(16)34)33-14-18(26)19(12-27)31-33/h7-8,10,13-14,17,20,34H,4-6,9,11H2,1-3H3/t17-,20+,24+/m0/s1. The van der Waals surface area contributed by atoms with E-state index in [0.717, 1.165) is 31.9 Å². The van der Waals surface area contributed by atoms with Gasteiger partial charge in [-0.2, -0.15) is 10.4 Å². The number of nitriles is 1. The van der Waals surface area contributed by atoms with Crippen LogP contribution in [0.2, 0.25) is 0 Å². The van der Waals surface area contributed by atoms with E-state index >= 15 is 0 Å². The van der Waals surface area contributed by atoms with Crippen LogP contribution in [-0.4, -0.2) is 49.3 Å². The number of aromatic hydroxyl groups is 1. The van der Waals surface area contributed by atoms with Gasteiger partial charge in [0.25, 0.3) is 0 Å². The smallest absolute Gasteiger partial charge is 0.198 e. The number of alkyl halides is 1. The number of anilines is 1. The van der Waals surface area contributed by atoms with Crippen molar-refractivity contribution in [1.82, 2.24) is 25.0 Å². The Morgan fingerprint density at radius 1 is 1.35 bits per heavy atom. The highest BCUT2D eigenvalue weighted by atomic mass is 19.1. The van der Waals surface area contributed by atoms with Gasteiger partial charge in [0.15, 0.2) is 23.2 Å². The molecule has 3 atom stereocenters. The van der Waals surface area contributed by atoms with Crippen LogP contribution in [-0.2, 0) is 0 Å². The lowest BCUT2D eigenvalue weighted by atomic mass is 9.79. The predicted octanol–water partition coefficient (Wildman–Crippen LogP) is 4.57. The van der Waals surface area contributed by atoms with Gasteiger partial charge in [-0.25, -0.2) is 18.4 Å². The molecule has 0 unspecified atom stereocenters. The van der Waals surface area contributed by atoms with Crippen LogP contribution >= 0.6 is 0 Å². The molecule has 0 amide bonds. The number of hydrogen-bond acceptors (Lipinski definition) is 7. The Labute approximate surface area is 196 Å². The molecule has 1 fully saturated rings. The van der Waals surface area contributed by atoms with Crippen LogP contribution in [0.25, 0.3) is 17.1 Å². The fourth-order valence-corrected chi connectivity index (χ4v) is 4.49. The molecule has 0 aliphatic heterocycles. The van der Waals surface area contributed by atoms with Gasteiger partial charge in [0.05, 0.1) is 29.7 Å². The number of aromatic nitrogens is 5. The number of nitrogens with zero attached hydrogens (tertiary/aromatic N) is 7. The lowest BCUT2D eigenvalue weighted by Crippen LogP contribution is -2.42. The Bertz CT molecular complexity index is 1210. The number of benzene rings is 1. The Balaban J connectivity index is 1.55. The van der Waals surface area contributed by atoms with Crippen LogP contribution in [0.15, 0.2) is 30.6 Å². The van der Waals surface area contributed by atoms with Crippen LogP contribution in [0.4, 0.5) is 14.6 Å². The van der Waals surface area contributed by atoms with E-state index in [1.165, 1.54) is 16.9 Å². The van der Waals surface area contributed by atoms with E-state index in [2.05, 4.69) is 34.1 Å². The first-order valence-corrected chi connectivity index (χ1v) is 11.3. The fourth-order valence-electron chi connectivity index (χ4n) is 4.49. The van der Waals surface area contributed by atoms with Gasteiger partial charge in [-0.15, -0.1) is 10.2 Å². The maximum Gasteiger partial charge on any atom is 0.198 e. The van der Waals surface area contributed by atoms with Crippen molar-refractivity contribution in [2.45, 2.75) is 58.2 Å². The van der Waals surface area contributed by atoms with Gasteiger partial charge in [0.1, 0.15) is 18.0 Å². The lowest BCUT2D eigenvalue weighted by Gasteiger charge is -2.35. The van der Waals surface area contributed by atoms with E-state index < -0.39 is 12.0 Å². The van der Waals surface area contributed by atoms with E-state index in [4.69, 9.17) is 5.26 Å². The summed E-state index contributed by atoms with van der Waals surface area (Å²) in [6.45, 7) is 4.36. The molecule has 4 rings (SSSR count). The second-order valence-electron chi connectivity index (χ2n) is 9.18. The molecule has 1 aliphatic carbocycles. The molecule has 0 spiro atoms. The minimum absolute atomic E-state index is 0.0829. The quantitative estimate of drug-likeness (QED) is 0.548. The third-order valence-corrected chi connectivity index (χ3v) is 6.90. The average molecular weight is 468 g/mol. The topological polar surface area (TPSA) is 104 Å². The average Bonchev–Trinajstić information content (AvgIpc) is 3.15. The summed E-state index contributed by atoms with van der Waals surface area (Å²) in [5, 5.41) is 31.6. The van der Waals surface area contributed by atoms with E-state index in [1.807, 2.05) is 11.9 Å². The number of phenols is 1. The van der Waals surface area contributed by atoms with Gasteiger partial charge in [0, 0.05) is 13.1 Å². The normalized spacial score (nSPS) is 22.7. The first-order chi connectivity index (χ1) is 16.2. The molecule has 1 aliphatic rings. The maximum atomic E-state index is 15.0. The Kier molecular flexibility index (Phi) is 6.46. The summed E-state index contributed by atoms with van der Waals surface area (Å²) >= 11 is 0. The van der Waals surface area contributed by atoms with Crippen LogP contribution < -0.4 is 4.90 Å². The van der Waals surface area contributed by atoms with Gasteiger partial charge in [-0.05, 0) is 43.2 Å². The summed E-state index contributed by atoms with van der Waals surface area (Å²) in [6.07, 6.45) is 5.76. The van der Waals surface area contributed by atoms with Crippen LogP contribution in [0.1, 0.15) is 51.6 Å². The van der Waals surface area contributed by atoms with E-state index in [1.54, 1.807) is 18.2 Å². The maximum absolute atomic E-state index is 15.0. The lowest BCUT2D eigenvalue weighted by molar-refractivity contribution is 0.214. The highest BCUT2D eigenvalue weighted by molar-refractivity contribution is 5.66. The molecule has 8 nitrogen and oxygen atoms in total. The molecule has 1 N–H and O–H groups in total. The van der Waals surface area contributed by atoms with Gasteiger partial charge in [-0.3, -0.25) is 0 Å². The highest BCUT2D eigenvalue weighted by Gasteiger charge is 2.37. The summed E-state index contributed by atoms with van der Waals surface area (Å²) in [6, 6.07) is 5.88. The van der Waals surface area contributed by atoms with Gasteiger partial charge < -0.3 is 10.0 Å². The van der Waals surface area contributed by atoms with E-state index in [-0.39, 0.29) is 28.7 Å². The number of halogens is 2. The van der Waals surface area contributed by atoms with E-state index in [9.17, 15) is 13.9 Å². The minimum Gasteiger partial charge on any atom is -0.507 e. The monoisotopic (exact) mass is 467 g/mol. The molecule has 3 aromatic rings. The van der Waals surface area contributed by atoms with Crippen molar-refractivity contribution < 1.29 is 13.9 Å². The molecule has 178 valence electrons. The molecule has 34 heavy (non-hydrogen) atoms. The highest BCUT2D eigenvalue weighted by Crippen LogP contribution is 2.40. The van der Waals surface area contributed by atoms with E-state index in [0.29, 0.717) is 23.5 Å². The SMILES string of the molecule is CC[C@]1(C)CCC[C@H](F)[C@H](N(C)c2cnc(-c3ccc(-n4cc(F)c(C#N)n4)cc3O)nn2)C1. The van der Waals surface area contributed by atoms with Crippen molar-refractivity contribution in [2.24, 2.45) is 5.41 Å². The summed E-state index contributed by atoms with van der Waals surface area (Å²) in [5.74, 6) is -0.242. The molecule has 2 heterocycles. The molecule has 2 aromatic heterocycles. The zero-order chi connectivity index (χ0) is 24.5. The molecule has 0 bridgehead atoms. The van der Waals surface area contributed by atoms with Gasteiger partial charge in [0.2, 0.25) is 0 Å². The largest absolute Gasteiger partial charge is 0.507 e. The zero-order valence-corrected chi connectivity index (χ0v) is 19.4. The first-order valence-electron chi connectivity index (χ1n) is 11.3. The summed E-state index contributed by atoms with van der Waals surface area (Å²) in [5.41, 5.74) is 0.445. The summed E-state index contributed by atoms with van der Waals surface area (Å²) in [7, 11) is 1.81. The van der Waals surface area contributed by atoms with Crippen LogP contribution in [0.5, 0.6) is 5.75 Å². The number of hydrogen-bond donors (Lipinski definition) is 1. The molecule has 1 saturated carbocycles. The Morgan fingerprint density at radius 3 is 2.76 bits per heavy atom. The Hall–Kier alpha value is -3.61. The summed E-state index contributed by atoms with van der Waals surface area (Å²) < 4.78 is 29.8. The van der Waals surface area contributed by atoms with Gasteiger partial charge in [-0.1, -0.05) is 20.3 Å². The third kappa shape index (κ3) is 4.55. The van der Waals surface area contributed by atoms with Crippen molar-refractivity contribution in [3.8, 4) is 28.9 Å². The second kappa shape index (κ2) is 9.33. The number of phenolic OH excluding ortho intramolecular Hbond substituents is 1. The fraction of sp³-hybridized carbons (Fsp3) is 0.458. The third-order valence-electron chi connectivity index (χ3n) is 6.90. The first kappa shape index (κ1) is 23.5. The van der Waals surface area contributed by atoms with Crippen molar-refractivity contribution in [2.75, 3.05) is 11.9 Å². The molecular formula is C24H27F2N7O. The molecule has 0 saturated heterocycles. The van der Waals surface area contributed by atoms with Crippen molar-refractivity contribution >= 4 is 5.82 Å². The van der Waals surface area contributed by atoms with Crippen molar-refractivity contribution in [1.29, 1.82) is 5.26 Å². The van der Waals surface area contributed by atoms with Crippen molar-refractivity contribution in [3.05, 3.63) is 42.1 Å². The van der Waals surface area contributed by atoms with Crippen LogP contribution in [0, 0.1) is 22.6 Å².